The Hall–Kier alpha value is -0.870. The van der Waals surface area contributed by atoms with E-state index < -0.39 is 0 Å². The van der Waals surface area contributed by atoms with E-state index in [2.05, 4.69) is 30.5 Å². The van der Waals surface area contributed by atoms with Gasteiger partial charge in [0.2, 0.25) is 0 Å². The summed E-state index contributed by atoms with van der Waals surface area (Å²) >= 11 is 0. The van der Waals surface area contributed by atoms with Gasteiger partial charge >= 0.3 is 0 Å². The Morgan fingerprint density at radius 3 is 3.00 bits per heavy atom. The van der Waals surface area contributed by atoms with Crippen LogP contribution in [0.2, 0.25) is 0 Å². The van der Waals surface area contributed by atoms with Crippen LogP contribution in [0.15, 0.2) is 12.4 Å². The second-order valence-electron chi connectivity index (χ2n) is 5.03. The van der Waals surface area contributed by atoms with Crippen molar-refractivity contribution in [3.8, 4) is 0 Å². The van der Waals surface area contributed by atoms with Crippen molar-refractivity contribution in [3.63, 3.8) is 0 Å². The maximum absolute atomic E-state index is 5.67. The predicted octanol–water partition coefficient (Wildman–Crippen LogP) is 1.37. The minimum absolute atomic E-state index is 0.412. The summed E-state index contributed by atoms with van der Waals surface area (Å²) < 4.78 is 7.54. The highest BCUT2D eigenvalue weighted by atomic mass is 16.5. The summed E-state index contributed by atoms with van der Waals surface area (Å²) in [6, 6.07) is 0.508. The van der Waals surface area contributed by atoms with Crippen molar-refractivity contribution in [1.82, 2.24) is 15.1 Å². The average Bonchev–Trinajstić information content (AvgIpc) is 2.87. The molecule has 0 bridgehead atoms. The number of aryl methyl sites for hydroxylation is 1. The van der Waals surface area contributed by atoms with Gasteiger partial charge in [-0.2, -0.15) is 5.10 Å². The van der Waals surface area contributed by atoms with Crippen molar-refractivity contribution >= 4 is 0 Å². The van der Waals surface area contributed by atoms with E-state index in [0.29, 0.717) is 18.1 Å². The second-order valence-corrected chi connectivity index (χ2v) is 5.03. The van der Waals surface area contributed by atoms with Gasteiger partial charge in [0.05, 0.1) is 18.9 Å². The largest absolute Gasteiger partial charge is 0.378 e. The lowest BCUT2D eigenvalue weighted by atomic mass is 9.92. The summed E-state index contributed by atoms with van der Waals surface area (Å²) in [6.07, 6.45) is 6.68. The van der Waals surface area contributed by atoms with E-state index in [1.165, 1.54) is 5.56 Å². The van der Waals surface area contributed by atoms with Gasteiger partial charge in [0.1, 0.15) is 0 Å². The molecule has 0 spiro atoms. The molecule has 1 aromatic rings. The van der Waals surface area contributed by atoms with Gasteiger partial charge in [-0.3, -0.25) is 4.68 Å². The van der Waals surface area contributed by atoms with Crippen LogP contribution in [-0.2, 0) is 18.2 Å². The Balaban J connectivity index is 1.97. The number of hydrogen-bond acceptors (Lipinski definition) is 3. The SMILES string of the molecule is CCNC(Cc1cnn(C)c1)C1COC(C)C1. The lowest BCUT2D eigenvalue weighted by molar-refractivity contribution is 0.117. The van der Waals surface area contributed by atoms with Crippen LogP contribution in [0.3, 0.4) is 0 Å². The zero-order chi connectivity index (χ0) is 12.3. The van der Waals surface area contributed by atoms with Gasteiger partial charge in [-0.1, -0.05) is 6.92 Å². The lowest BCUT2D eigenvalue weighted by Crippen LogP contribution is -2.38. The summed E-state index contributed by atoms with van der Waals surface area (Å²) in [6.45, 7) is 6.22. The Bertz CT molecular complexity index is 350. The van der Waals surface area contributed by atoms with E-state index in [9.17, 15) is 0 Å². The van der Waals surface area contributed by atoms with E-state index in [4.69, 9.17) is 4.74 Å². The van der Waals surface area contributed by atoms with Crippen LogP contribution in [0.4, 0.5) is 0 Å². The number of rotatable bonds is 5. The monoisotopic (exact) mass is 237 g/mol. The second kappa shape index (κ2) is 5.65. The minimum atomic E-state index is 0.412. The molecule has 4 heteroatoms. The van der Waals surface area contributed by atoms with Crippen LogP contribution >= 0.6 is 0 Å². The van der Waals surface area contributed by atoms with Crippen molar-refractivity contribution < 1.29 is 4.74 Å². The molecule has 0 aliphatic carbocycles. The molecule has 1 N–H and O–H groups in total. The first-order valence-electron chi connectivity index (χ1n) is 6.51. The molecule has 3 atom stereocenters. The molecule has 3 unspecified atom stereocenters. The molecule has 1 saturated heterocycles. The summed E-state index contributed by atoms with van der Waals surface area (Å²) in [5.74, 6) is 0.630. The lowest BCUT2D eigenvalue weighted by Gasteiger charge is -2.22. The van der Waals surface area contributed by atoms with Gasteiger partial charge in [-0.25, -0.2) is 0 Å². The van der Waals surface area contributed by atoms with E-state index in [0.717, 1.165) is 26.0 Å². The summed E-state index contributed by atoms with van der Waals surface area (Å²) in [7, 11) is 1.96. The van der Waals surface area contributed by atoms with Crippen molar-refractivity contribution in [1.29, 1.82) is 0 Å². The smallest absolute Gasteiger partial charge is 0.0551 e. The highest BCUT2D eigenvalue weighted by molar-refractivity contribution is 5.07. The quantitative estimate of drug-likeness (QED) is 0.840. The maximum atomic E-state index is 5.67. The van der Waals surface area contributed by atoms with Crippen LogP contribution in [0.5, 0.6) is 0 Å². The standard InChI is InChI=1S/C13H23N3O/c1-4-14-13(12-5-10(2)17-9-12)6-11-7-15-16(3)8-11/h7-8,10,12-14H,4-6,9H2,1-3H3. The predicted molar refractivity (Wildman–Crippen MR) is 67.9 cm³/mol. The van der Waals surface area contributed by atoms with Crippen molar-refractivity contribution in [2.45, 2.75) is 38.8 Å². The first-order valence-corrected chi connectivity index (χ1v) is 6.51. The normalized spacial score (nSPS) is 26.3. The zero-order valence-corrected chi connectivity index (χ0v) is 11.0. The topological polar surface area (TPSA) is 39.1 Å². The summed E-state index contributed by atoms with van der Waals surface area (Å²) in [5.41, 5.74) is 1.30. The van der Waals surface area contributed by atoms with Crippen LogP contribution < -0.4 is 5.32 Å². The number of ether oxygens (including phenoxy) is 1. The Morgan fingerprint density at radius 2 is 2.47 bits per heavy atom. The zero-order valence-electron chi connectivity index (χ0n) is 11.0. The molecule has 1 aliphatic rings. The molecule has 96 valence electrons. The van der Waals surface area contributed by atoms with Crippen LogP contribution in [0.1, 0.15) is 25.8 Å². The highest BCUT2D eigenvalue weighted by Gasteiger charge is 2.29. The van der Waals surface area contributed by atoms with Gasteiger partial charge in [0.25, 0.3) is 0 Å². The van der Waals surface area contributed by atoms with E-state index >= 15 is 0 Å². The maximum Gasteiger partial charge on any atom is 0.0551 e. The first-order chi connectivity index (χ1) is 8.19. The van der Waals surface area contributed by atoms with Crippen molar-refractivity contribution in [2.24, 2.45) is 13.0 Å². The molecule has 2 rings (SSSR count). The molecule has 1 aliphatic heterocycles. The minimum Gasteiger partial charge on any atom is -0.378 e. The Kier molecular flexibility index (Phi) is 4.18. The van der Waals surface area contributed by atoms with Crippen LogP contribution in [0.25, 0.3) is 0 Å². The van der Waals surface area contributed by atoms with Crippen molar-refractivity contribution in [3.05, 3.63) is 18.0 Å². The number of nitrogens with zero attached hydrogens (tertiary/aromatic N) is 2. The van der Waals surface area contributed by atoms with Crippen LogP contribution in [0, 0.1) is 5.92 Å². The molecule has 17 heavy (non-hydrogen) atoms. The van der Waals surface area contributed by atoms with Crippen molar-refractivity contribution in [2.75, 3.05) is 13.2 Å². The average molecular weight is 237 g/mol. The number of nitrogens with one attached hydrogen (secondary N) is 1. The summed E-state index contributed by atoms with van der Waals surface area (Å²) in [5, 5.41) is 7.81. The number of aromatic nitrogens is 2. The molecule has 0 amide bonds. The fourth-order valence-electron chi connectivity index (χ4n) is 2.63. The fourth-order valence-corrected chi connectivity index (χ4v) is 2.63. The molecule has 1 fully saturated rings. The van der Waals surface area contributed by atoms with E-state index in [1.807, 2.05) is 17.9 Å². The third kappa shape index (κ3) is 3.30. The molecular weight excluding hydrogens is 214 g/mol. The molecule has 0 saturated carbocycles. The number of likely N-dealkylation sites (N-methyl/N-ethyl adjacent to an activating group) is 1. The first kappa shape index (κ1) is 12.6. The molecule has 1 aromatic heterocycles. The van der Waals surface area contributed by atoms with Gasteiger partial charge in [-0.05, 0) is 31.9 Å². The fraction of sp³-hybridized carbons (Fsp3) is 0.769. The van der Waals surface area contributed by atoms with Gasteiger partial charge in [-0.15, -0.1) is 0 Å². The molecule has 2 heterocycles. The molecule has 0 radical (unpaired) electrons. The molecule has 0 aromatic carbocycles. The van der Waals surface area contributed by atoms with Gasteiger partial charge in [0.15, 0.2) is 0 Å². The molecular formula is C13H23N3O. The van der Waals surface area contributed by atoms with E-state index in [-0.39, 0.29) is 0 Å². The molecule has 4 nitrogen and oxygen atoms in total. The third-order valence-corrected chi connectivity index (χ3v) is 3.48. The third-order valence-electron chi connectivity index (χ3n) is 3.48. The van der Waals surface area contributed by atoms with Gasteiger partial charge in [0, 0.05) is 25.2 Å². The highest BCUT2D eigenvalue weighted by Crippen LogP contribution is 2.24. The van der Waals surface area contributed by atoms with Crippen LogP contribution in [-0.4, -0.2) is 35.1 Å². The number of hydrogen-bond donors (Lipinski definition) is 1. The van der Waals surface area contributed by atoms with E-state index in [1.54, 1.807) is 0 Å². The Labute approximate surface area is 103 Å². The van der Waals surface area contributed by atoms with Gasteiger partial charge < -0.3 is 10.1 Å². The summed E-state index contributed by atoms with van der Waals surface area (Å²) in [4.78, 5) is 0. The Morgan fingerprint density at radius 1 is 1.65 bits per heavy atom.